The summed E-state index contributed by atoms with van der Waals surface area (Å²) in [6.07, 6.45) is 1.43. The van der Waals surface area contributed by atoms with Gasteiger partial charge >= 0.3 is 0 Å². The van der Waals surface area contributed by atoms with Crippen molar-refractivity contribution >= 4 is 17.5 Å². The van der Waals surface area contributed by atoms with E-state index in [1.807, 2.05) is 13.8 Å². The van der Waals surface area contributed by atoms with Crippen molar-refractivity contribution in [1.82, 2.24) is 14.9 Å². The highest BCUT2D eigenvalue weighted by molar-refractivity contribution is 5.84. The molecule has 0 bridgehead atoms. The number of amides is 1. The number of methoxy groups -OCH3 is 1. The smallest absolute Gasteiger partial charge is 0.244 e. The molecule has 7 nitrogen and oxygen atoms in total. The number of aromatic nitrogens is 2. The Hall–Kier alpha value is -2.05. The van der Waals surface area contributed by atoms with E-state index in [1.54, 1.807) is 26.0 Å². The molecule has 1 aromatic heterocycles. The zero-order chi connectivity index (χ0) is 15.1. The van der Waals surface area contributed by atoms with Crippen molar-refractivity contribution in [2.75, 3.05) is 37.9 Å². The van der Waals surface area contributed by atoms with Crippen LogP contribution in [0.25, 0.3) is 0 Å². The fraction of sp³-hybridized carbons (Fsp3) is 0.615. The molecule has 0 aliphatic carbocycles. The zero-order valence-electron chi connectivity index (χ0n) is 12.7. The van der Waals surface area contributed by atoms with Crippen LogP contribution in [0.15, 0.2) is 6.33 Å². The van der Waals surface area contributed by atoms with Gasteiger partial charge in [-0.15, -0.1) is 0 Å². The Morgan fingerprint density at radius 3 is 2.60 bits per heavy atom. The number of hydrogen-bond donors (Lipinski definition) is 2. The van der Waals surface area contributed by atoms with E-state index in [0.29, 0.717) is 23.9 Å². The number of likely N-dealkylation sites (N-methyl/N-ethyl adjacent to an activating group) is 1. The van der Waals surface area contributed by atoms with Crippen LogP contribution in [0.2, 0.25) is 0 Å². The predicted octanol–water partition coefficient (Wildman–Crippen LogP) is 1.20. The molecule has 1 rings (SSSR count). The molecule has 20 heavy (non-hydrogen) atoms. The molecule has 0 spiro atoms. The Labute approximate surface area is 119 Å². The second-order valence-electron chi connectivity index (χ2n) is 4.35. The van der Waals surface area contributed by atoms with Crippen LogP contribution in [0.5, 0.6) is 5.75 Å². The summed E-state index contributed by atoms with van der Waals surface area (Å²) >= 11 is 0. The molecule has 1 atom stereocenters. The van der Waals surface area contributed by atoms with Gasteiger partial charge in [-0.2, -0.15) is 0 Å². The lowest BCUT2D eigenvalue weighted by atomic mass is 10.3. The number of carbonyl (C=O) groups is 1. The molecule has 1 amide bonds. The van der Waals surface area contributed by atoms with Crippen LogP contribution in [0.4, 0.5) is 11.6 Å². The van der Waals surface area contributed by atoms with Gasteiger partial charge in [-0.25, -0.2) is 9.97 Å². The van der Waals surface area contributed by atoms with Gasteiger partial charge in [-0.1, -0.05) is 0 Å². The van der Waals surface area contributed by atoms with Crippen molar-refractivity contribution < 1.29 is 9.53 Å². The highest BCUT2D eigenvalue weighted by Gasteiger charge is 2.19. The van der Waals surface area contributed by atoms with Gasteiger partial charge in [-0.05, 0) is 20.8 Å². The highest BCUT2D eigenvalue weighted by Crippen LogP contribution is 2.29. The molecule has 1 unspecified atom stereocenters. The summed E-state index contributed by atoms with van der Waals surface area (Å²) in [5.41, 5.74) is 0. The van der Waals surface area contributed by atoms with E-state index < -0.39 is 6.04 Å². The normalized spacial score (nSPS) is 11.7. The third-order valence-corrected chi connectivity index (χ3v) is 2.93. The average molecular weight is 281 g/mol. The number of nitrogens with zero attached hydrogens (tertiary/aromatic N) is 3. The first-order chi connectivity index (χ1) is 9.54. The van der Waals surface area contributed by atoms with Crippen LogP contribution in [-0.4, -0.2) is 54.1 Å². The molecule has 112 valence electrons. The molecule has 0 fully saturated rings. The van der Waals surface area contributed by atoms with Crippen molar-refractivity contribution in [3.8, 4) is 5.75 Å². The van der Waals surface area contributed by atoms with Crippen molar-refractivity contribution in [3.63, 3.8) is 0 Å². The summed E-state index contributed by atoms with van der Waals surface area (Å²) in [5.74, 6) is 1.62. The fourth-order valence-corrected chi connectivity index (χ4v) is 1.72. The highest BCUT2D eigenvalue weighted by atomic mass is 16.5. The summed E-state index contributed by atoms with van der Waals surface area (Å²) in [6, 6.07) is -0.391. The van der Waals surface area contributed by atoms with Gasteiger partial charge in [0.25, 0.3) is 0 Å². The van der Waals surface area contributed by atoms with E-state index in [-0.39, 0.29) is 5.91 Å². The van der Waals surface area contributed by atoms with Gasteiger partial charge in [0, 0.05) is 20.1 Å². The predicted molar refractivity (Wildman–Crippen MR) is 79.1 cm³/mol. The number of hydrogen-bond acceptors (Lipinski definition) is 6. The monoisotopic (exact) mass is 281 g/mol. The Morgan fingerprint density at radius 2 is 2.05 bits per heavy atom. The Kier molecular flexibility index (Phi) is 6.02. The summed E-state index contributed by atoms with van der Waals surface area (Å²) in [6.45, 7) is 7.08. The van der Waals surface area contributed by atoms with Gasteiger partial charge in [-0.3, -0.25) is 4.79 Å². The van der Waals surface area contributed by atoms with Crippen molar-refractivity contribution in [1.29, 1.82) is 0 Å². The number of carbonyl (C=O) groups excluding carboxylic acids is 1. The SMILES string of the molecule is CCNc1ncnc(NC(C)C(=O)N(C)CC)c1OC. The second kappa shape index (κ2) is 7.52. The third-order valence-electron chi connectivity index (χ3n) is 2.93. The minimum Gasteiger partial charge on any atom is -0.490 e. The maximum atomic E-state index is 12.1. The Bertz CT molecular complexity index is 452. The molecule has 2 N–H and O–H groups in total. The van der Waals surface area contributed by atoms with Crippen LogP contribution in [-0.2, 0) is 4.79 Å². The summed E-state index contributed by atoms with van der Waals surface area (Å²) in [7, 11) is 3.32. The molecule has 0 saturated heterocycles. The van der Waals surface area contributed by atoms with E-state index in [4.69, 9.17) is 4.74 Å². The van der Waals surface area contributed by atoms with E-state index in [0.717, 1.165) is 6.54 Å². The number of anilines is 2. The molecule has 0 aromatic carbocycles. The molecule has 7 heteroatoms. The van der Waals surface area contributed by atoms with Crippen LogP contribution in [0, 0.1) is 0 Å². The van der Waals surface area contributed by atoms with E-state index >= 15 is 0 Å². The van der Waals surface area contributed by atoms with Crippen molar-refractivity contribution in [2.24, 2.45) is 0 Å². The van der Waals surface area contributed by atoms with Gasteiger partial charge in [0.1, 0.15) is 12.4 Å². The molecule has 0 aliphatic rings. The quantitative estimate of drug-likeness (QED) is 0.781. The van der Waals surface area contributed by atoms with E-state index in [1.165, 1.54) is 6.33 Å². The van der Waals surface area contributed by atoms with E-state index in [9.17, 15) is 4.79 Å². The van der Waals surface area contributed by atoms with Crippen LogP contribution >= 0.6 is 0 Å². The first-order valence-corrected chi connectivity index (χ1v) is 6.69. The van der Waals surface area contributed by atoms with E-state index in [2.05, 4.69) is 20.6 Å². The zero-order valence-corrected chi connectivity index (χ0v) is 12.7. The minimum absolute atomic E-state index is 0.00170. The minimum atomic E-state index is -0.391. The maximum Gasteiger partial charge on any atom is 0.244 e. The molecular weight excluding hydrogens is 258 g/mol. The van der Waals surface area contributed by atoms with Crippen molar-refractivity contribution in [3.05, 3.63) is 6.33 Å². The van der Waals surface area contributed by atoms with Crippen molar-refractivity contribution in [2.45, 2.75) is 26.8 Å². The number of nitrogens with one attached hydrogen (secondary N) is 2. The lowest BCUT2D eigenvalue weighted by molar-refractivity contribution is -0.130. The number of ether oxygens (including phenoxy) is 1. The molecule has 0 saturated carbocycles. The third kappa shape index (κ3) is 3.72. The molecule has 0 radical (unpaired) electrons. The van der Waals surface area contributed by atoms with Gasteiger partial charge in [0.15, 0.2) is 11.6 Å². The molecule has 1 aromatic rings. The molecule has 1 heterocycles. The van der Waals surface area contributed by atoms with Gasteiger partial charge < -0.3 is 20.3 Å². The Balaban J connectivity index is 2.91. The summed E-state index contributed by atoms with van der Waals surface area (Å²) in [5, 5.41) is 6.16. The largest absolute Gasteiger partial charge is 0.490 e. The lowest BCUT2D eigenvalue weighted by Crippen LogP contribution is -2.39. The van der Waals surface area contributed by atoms with Gasteiger partial charge in [0.2, 0.25) is 11.7 Å². The summed E-state index contributed by atoms with van der Waals surface area (Å²) < 4.78 is 5.32. The first kappa shape index (κ1) is 16.0. The van der Waals surface area contributed by atoms with Crippen LogP contribution in [0.1, 0.15) is 20.8 Å². The molecular formula is C13H23N5O2. The van der Waals surface area contributed by atoms with Crippen LogP contribution < -0.4 is 15.4 Å². The average Bonchev–Trinajstić information content (AvgIpc) is 2.46. The maximum absolute atomic E-state index is 12.1. The Morgan fingerprint density at radius 1 is 1.40 bits per heavy atom. The molecule has 0 aliphatic heterocycles. The van der Waals surface area contributed by atoms with Gasteiger partial charge in [0.05, 0.1) is 7.11 Å². The fourth-order valence-electron chi connectivity index (χ4n) is 1.72. The number of rotatable bonds is 7. The standard InChI is InChI=1S/C13H23N5O2/c1-6-14-11-10(20-5)12(16-8-15-11)17-9(3)13(19)18(4)7-2/h8-9H,6-7H2,1-5H3,(H2,14,15,16,17). The lowest BCUT2D eigenvalue weighted by Gasteiger charge is -2.22. The first-order valence-electron chi connectivity index (χ1n) is 6.69. The summed E-state index contributed by atoms with van der Waals surface area (Å²) in [4.78, 5) is 22.0. The second-order valence-corrected chi connectivity index (χ2v) is 4.35. The van der Waals surface area contributed by atoms with Crippen LogP contribution in [0.3, 0.4) is 0 Å². The topological polar surface area (TPSA) is 79.4 Å².